The number of hydrogen-bond acceptors (Lipinski definition) is 7. The highest BCUT2D eigenvalue weighted by Gasteiger charge is 2.53. The number of carbonyl (C=O) groups excluding carboxylic acids is 1. The van der Waals surface area contributed by atoms with E-state index in [-0.39, 0.29) is 18.4 Å². The maximum absolute atomic E-state index is 13.2. The van der Waals surface area contributed by atoms with Crippen LogP contribution in [0.5, 0.6) is 0 Å². The molecule has 5 unspecified atom stereocenters. The van der Waals surface area contributed by atoms with Gasteiger partial charge in [-0.05, 0) is 42.9 Å². The fourth-order valence-corrected chi connectivity index (χ4v) is 5.21. The summed E-state index contributed by atoms with van der Waals surface area (Å²) in [5, 5.41) is 27.7. The smallest absolute Gasteiger partial charge is 0.225 e. The molecule has 0 bridgehead atoms. The van der Waals surface area contributed by atoms with Crippen molar-refractivity contribution in [2.24, 2.45) is 5.92 Å². The Kier molecular flexibility index (Phi) is 7.16. The van der Waals surface area contributed by atoms with Crippen LogP contribution in [0.3, 0.4) is 0 Å². The lowest BCUT2D eigenvalue weighted by Crippen LogP contribution is -2.61. The van der Waals surface area contributed by atoms with Crippen LogP contribution in [0, 0.1) is 5.92 Å². The number of benzene rings is 1. The van der Waals surface area contributed by atoms with E-state index in [0.717, 1.165) is 44.2 Å². The average Bonchev–Trinajstić information content (AvgIpc) is 3.14. The summed E-state index contributed by atoms with van der Waals surface area (Å²) in [4.78, 5) is 19.4. The molecule has 2 saturated heterocycles. The average molecular weight is 464 g/mol. The largest absolute Gasteiger partial charge is 0.390 e. The number of ether oxygens (including phenoxy) is 1. The number of thiocarbonyl (C=S) groups is 1. The predicted octanol–water partition coefficient (Wildman–Crippen LogP) is -0.626. The van der Waals surface area contributed by atoms with Gasteiger partial charge >= 0.3 is 0 Å². The van der Waals surface area contributed by atoms with Gasteiger partial charge in [-0.25, -0.2) is 0 Å². The first kappa shape index (κ1) is 23.2. The van der Waals surface area contributed by atoms with Crippen LogP contribution in [-0.4, -0.2) is 104 Å². The molecule has 4 N–H and O–H groups in total. The van der Waals surface area contributed by atoms with Crippen molar-refractivity contribution in [3.05, 3.63) is 24.3 Å². The zero-order valence-corrected chi connectivity index (χ0v) is 19.4. The molecule has 1 aromatic rings. The van der Waals surface area contributed by atoms with Crippen LogP contribution in [0.2, 0.25) is 0 Å². The van der Waals surface area contributed by atoms with Crippen molar-refractivity contribution in [2.45, 2.75) is 30.7 Å². The van der Waals surface area contributed by atoms with E-state index in [1.807, 2.05) is 48.2 Å². The lowest BCUT2D eigenvalue weighted by Gasteiger charge is -2.41. The SMILES string of the molecule is CN(C)c1ccc(N2C(=S)NC3C(O)C(O)CC(C(=O)NCCN4CCOCC4)C32)cc1. The maximum Gasteiger partial charge on any atom is 0.225 e. The van der Waals surface area contributed by atoms with Gasteiger partial charge in [-0.3, -0.25) is 9.69 Å². The van der Waals surface area contributed by atoms with E-state index < -0.39 is 24.2 Å². The van der Waals surface area contributed by atoms with Gasteiger partial charge in [0.05, 0.1) is 37.3 Å². The first-order valence-corrected chi connectivity index (χ1v) is 11.6. The number of nitrogens with zero attached hydrogens (tertiary/aromatic N) is 3. The molecule has 1 aromatic carbocycles. The number of aliphatic hydroxyl groups is 2. The minimum absolute atomic E-state index is 0.124. The highest BCUT2D eigenvalue weighted by Crippen LogP contribution is 2.37. The minimum atomic E-state index is -0.999. The molecule has 1 saturated carbocycles. The number of anilines is 2. The summed E-state index contributed by atoms with van der Waals surface area (Å²) in [5.74, 6) is -0.634. The number of amides is 1. The van der Waals surface area contributed by atoms with Gasteiger partial charge in [0, 0.05) is 51.6 Å². The molecule has 9 nitrogen and oxygen atoms in total. The second-order valence-electron chi connectivity index (χ2n) is 8.89. The van der Waals surface area contributed by atoms with Gasteiger partial charge in [0.1, 0.15) is 6.10 Å². The molecule has 3 aliphatic rings. The van der Waals surface area contributed by atoms with Gasteiger partial charge in [-0.15, -0.1) is 0 Å². The van der Waals surface area contributed by atoms with Crippen molar-refractivity contribution in [3.63, 3.8) is 0 Å². The standard InChI is InChI=1S/C22H33N5O4S/c1-25(2)14-3-5-15(6-4-14)27-19-16(13-17(28)20(29)18(19)24-22(27)32)21(30)23-7-8-26-9-11-31-12-10-26/h3-6,16-20,28-29H,7-13H2,1-2H3,(H,23,30)(H,24,32). The van der Waals surface area contributed by atoms with Crippen molar-refractivity contribution in [3.8, 4) is 0 Å². The normalized spacial score (nSPS) is 30.6. The molecular formula is C22H33N5O4S. The first-order chi connectivity index (χ1) is 15.4. The Balaban J connectivity index is 1.50. The monoisotopic (exact) mass is 463 g/mol. The van der Waals surface area contributed by atoms with E-state index in [2.05, 4.69) is 15.5 Å². The van der Waals surface area contributed by atoms with Gasteiger partial charge in [0.25, 0.3) is 0 Å². The first-order valence-electron chi connectivity index (χ1n) is 11.2. The third kappa shape index (κ3) is 4.69. The number of nitrogens with one attached hydrogen (secondary N) is 2. The predicted molar refractivity (Wildman–Crippen MR) is 127 cm³/mol. The third-order valence-corrected chi connectivity index (χ3v) is 6.97. The number of fused-ring (bicyclic) bond motifs is 1. The molecule has 1 aliphatic carbocycles. The van der Waals surface area contributed by atoms with Crippen LogP contribution in [0.1, 0.15) is 6.42 Å². The Hall–Kier alpha value is -1.98. The quantitative estimate of drug-likeness (QED) is 0.411. The van der Waals surface area contributed by atoms with Crippen molar-refractivity contribution in [1.82, 2.24) is 15.5 Å². The number of hydrogen-bond donors (Lipinski definition) is 4. The summed E-state index contributed by atoms with van der Waals surface area (Å²) in [6, 6.07) is 7.03. The molecule has 0 spiro atoms. The number of rotatable bonds is 6. The summed E-state index contributed by atoms with van der Waals surface area (Å²) < 4.78 is 5.37. The number of morpholine rings is 1. The van der Waals surface area contributed by atoms with Crippen molar-refractivity contribution in [1.29, 1.82) is 0 Å². The summed E-state index contributed by atoms with van der Waals surface area (Å²) >= 11 is 5.59. The van der Waals surface area contributed by atoms with E-state index >= 15 is 0 Å². The summed E-state index contributed by atoms with van der Waals surface area (Å²) in [6.07, 6.45) is -1.80. The van der Waals surface area contributed by atoms with Crippen molar-refractivity contribution >= 4 is 34.6 Å². The molecule has 0 aromatic heterocycles. The Morgan fingerprint density at radius 2 is 1.94 bits per heavy atom. The molecule has 5 atom stereocenters. The van der Waals surface area contributed by atoms with E-state index in [1.165, 1.54) is 0 Å². The summed E-state index contributed by atoms with van der Waals surface area (Å²) in [6.45, 7) is 4.45. The Bertz CT molecular complexity index is 817. The molecule has 10 heteroatoms. The fourth-order valence-electron chi connectivity index (χ4n) is 4.85. The van der Waals surface area contributed by atoms with Gasteiger partial charge < -0.3 is 35.4 Å². The van der Waals surface area contributed by atoms with E-state index in [0.29, 0.717) is 11.7 Å². The lowest BCUT2D eigenvalue weighted by atomic mass is 9.77. The summed E-state index contributed by atoms with van der Waals surface area (Å²) in [5.41, 5.74) is 1.91. The van der Waals surface area contributed by atoms with Gasteiger partial charge in [-0.1, -0.05) is 0 Å². The number of carbonyl (C=O) groups is 1. The van der Waals surface area contributed by atoms with Crippen molar-refractivity contribution < 1.29 is 19.7 Å². The van der Waals surface area contributed by atoms with Crippen molar-refractivity contribution in [2.75, 3.05) is 63.3 Å². The topological polar surface area (TPSA) is 101 Å². The Morgan fingerprint density at radius 1 is 1.25 bits per heavy atom. The molecule has 32 heavy (non-hydrogen) atoms. The van der Waals surface area contributed by atoms with Crippen LogP contribution in [0.25, 0.3) is 0 Å². The van der Waals surface area contributed by atoms with E-state index in [1.54, 1.807) is 0 Å². The van der Waals surface area contributed by atoms with E-state index in [9.17, 15) is 15.0 Å². The van der Waals surface area contributed by atoms with Gasteiger partial charge in [-0.2, -0.15) is 0 Å². The molecule has 0 radical (unpaired) electrons. The Labute approximate surface area is 194 Å². The second kappa shape index (κ2) is 9.88. The zero-order valence-electron chi connectivity index (χ0n) is 18.6. The second-order valence-corrected chi connectivity index (χ2v) is 9.28. The summed E-state index contributed by atoms with van der Waals surface area (Å²) in [7, 11) is 3.95. The highest BCUT2D eigenvalue weighted by molar-refractivity contribution is 7.80. The minimum Gasteiger partial charge on any atom is -0.390 e. The highest BCUT2D eigenvalue weighted by atomic mass is 32.1. The van der Waals surface area contributed by atoms with Crippen LogP contribution in [0.15, 0.2) is 24.3 Å². The van der Waals surface area contributed by atoms with Crippen LogP contribution in [0.4, 0.5) is 11.4 Å². The molecule has 2 heterocycles. The molecule has 1 amide bonds. The van der Waals surface area contributed by atoms with Gasteiger partial charge in [0.15, 0.2) is 5.11 Å². The zero-order chi connectivity index (χ0) is 22.8. The van der Waals surface area contributed by atoms with Crippen LogP contribution < -0.4 is 20.4 Å². The van der Waals surface area contributed by atoms with Gasteiger partial charge in [0.2, 0.25) is 5.91 Å². The van der Waals surface area contributed by atoms with Crippen LogP contribution in [-0.2, 0) is 9.53 Å². The van der Waals surface area contributed by atoms with Crippen LogP contribution >= 0.6 is 12.2 Å². The lowest BCUT2D eigenvalue weighted by molar-refractivity contribution is -0.131. The molecule has 2 aliphatic heterocycles. The molecule has 4 rings (SSSR count). The fraction of sp³-hybridized carbons (Fsp3) is 0.636. The number of aliphatic hydroxyl groups excluding tert-OH is 2. The molecule has 176 valence electrons. The maximum atomic E-state index is 13.2. The Morgan fingerprint density at radius 3 is 2.59 bits per heavy atom. The molecule has 3 fully saturated rings. The van der Waals surface area contributed by atoms with E-state index in [4.69, 9.17) is 17.0 Å². The third-order valence-electron chi connectivity index (χ3n) is 6.66. The molecular weight excluding hydrogens is 430 g/mol.